The molecule has 0 unspecified atom stereocenters. The second-order valence-electron chi connectivity index (χ2n) is 3.87. The molecule has 2 aromatic rings. The van der Waals surface area contributed by atoms with Crippen molar-refractivity contribution in [3.8, 4) is 0 Å². The molecule has 1 aromatic heterocycles. The standard InChI is InChI=1S/C14H13ClN2O/c15-13-7-2-1-5-11(13)9-14(18)17-10-12-6-3-4-8-16-12/h1-8H,9-10H2,(H,17,18). The average Bonchev–Trinajstić information content (AvgIpc) is 2.40. The topological polar surface area (TPSA) is 42.0 Å². The van der Waals surface area contributed by atoms with Crippen LogP contribution in [0.1, 0.15) is 11.3 Å². The van der Waals surface area contributed by atoms with Gasteiger partial charge < -0.3 is 5.32 Å². The highest BCUT2D eigenvalue weighted by Crippen LogP contribution is 2.15. The molecule has 0 aliphatic heterocycles. The van der Waals surface area contributed by atoms with Crippen LogP contribution in [0.4, 0.5) is 0 Å². The Morgan fingerprint density at radius 2 is 1.94 bits per heavy atom. The quantitative estimate of drug-likeness (QED) is 0.918. The molecule has 1 aromatic carbocycles. The number of hydrogen-bond donors (Lipinski definition) is 1. The second-order valence-corrected chi connectivity index (χ2v) is 4.27. The molecule has 2 rings (SSSR count). The number of rotatable bonds is 4. The monoisotopic (exact) mass is 260 g/mol. The van der Waals surface area contributed by atoms with Crippen LogP contribution in [0.3, 0.4) is 0 Å². The number of hydrogen-bond acceptors (Lipinski definition) is 2. The Labute approximate surface area is 111 Å². The van der Waals surface area contributed by atoms with Crippen molar-refractivity contribution in [2.24, 2.45) is 0 Å². The first-order valence-electron chi connectivity index (χ1n) is 5.66. The number of carbonyl (C=O) groups excluding carboxylic acids is 1. The van der Waals surface area contributed by atoms with Crippen LogP contribution in [0.25, 0.3) is 0 Å². The average molecular weight is 261 g/mol. The fraction of sp³-hybridized carbons (Fsp3) is 0.143. The van der Waals surface area contributed by atoms with Gasteiger partial charge in [0.15, 0.2) is 0 Å². The molecule has 0 saturated carbocycles. The second kappa shape index (κ2) is 6.17. The lowest BCUT2D eigenvalue weighted by Crippen LogP contribution is -2.25. The van der Waals surface area contributed by atoms with Crippen LogP contribution in [-0.4, -0.2) is 10.9 Å². The molecule has 4 heteroatoms. The minimum atomic E-state index is -0.0613. The van der Waals surface area contributed by atoms with Crippen LogP contribution in [0.2, 0.25) is 5.02 Å². The maximum atomic E-state index is 11.7. The van der Waals surface area contributed by atoms with Gasteiger partial charge in [0.2, 0.25) is 5.91 Å². The Balaban J connectivity index is 1.88. The summed E-state index contributed by atoms with van der Waals surface area (Å²) >= 11 is 5.99. The highest BCUT2D eigenvalue weighted by atomic mass is 35.5. The first kappa shape index (κ1) is 12.6. The van der Waals surface area contributed by atoms with Crippen molar-refractivity contribution in [1.82, 2.24) is 10.3 Å². The number of nitrogens with one attached hydrogen (secondary N) is 1. The van der Waals surface area contributed by atoms with Gasteiger partial charge in [0, 0.05) is 11.2 Å². The van der Waals surface area contributed by atoms with Crippen molar-refractivity contribution in [3.63, 3.8) is 0 Å². The van der Waals surface area contributed by atoms with Crippen LogP contribution in [-0.2, 0) is 17.8 Å². The number of carbonyl (C=O) groups is 1. The summed E-state index contributed by atoms with van der Waals surface area (Å²) in [5.41, 5.74) is 1.67. The first-order chi connectivity index (χ1) is 8.75. The van der Waals surface area contributed by atoms with Gasteiger partial charge in [-0.3, -0.25) is 9.78 Å². The zero-order chi connectivity index (χ0) is 12.8. The molecule has 1 amide bonds. The zero-order valence-electron chi connectivity index (χ0n) is 9.77. The lowest BCUT2D eigenvalue weighted by Gasteiger charge is -2.06. The van der Waals surface area contributed by atoms with Gasteiger partial charge in [0.05, 0.1) is 18.7 Å². The number of nitrogens with zero attached hydrogens (tertiary/aromatic N) is 1. The molecular formula is C14H13ClN2O. The lowest BCUT2D eigenvalue weighted by molar-refractivity contribution is -0.120. The Morgan fingerprint density at radius 3 is 2.67 bits per heavy atom. The molecule has 92 valence electrons. The van der Waals surface area contributed by atoms with E-state index in [-0.39, 0.29) is 12.3 Å². The highest BCUT2D eigenvalue weighted by Gasteiger charge is 2.06. The van der Waals surface area contributed by atoms with Gasteiger partial charge in [-0.15, -0.1) is 0 Å². The minimum Gasteiger partial charge on any atom is -0.350 e. The Morgan fingerprint density at radius 1 is 1.17 bits per heavy atom. The fourth-order valence-electron chi connectivity index (χ4n) is 1.57. The van der Waals surface area contributed by atoms with Crippen molar-refractivity contribution in [1.29, 1.82) is 0 Å². The van der Waals surface area contributed by atoms with Gasteiger partial charge in [-0.05, 0) is 23.8 Å². The van der Waals surface area contributed by atoms with E-state index >= 15 is 0 Å². The largest absolute Gasteiger partial charge is 0.350 e. The molecule has 0 aliphatic rings. The number of aromatic nitrogens is 1. The molecule has 0 bridgehead atoms. The molecule has 0 radical (unpaired) electrons. The molecule has 0 aliphatic carbocycles. The Bertz CT molecular complexity index is 528. The molecule has 18 heavy (non-hydrogen) atoms. The Hall–Kier alpha value is -1.87. The van der Waals surface area contributed by atoms with E-state index in [1.165, 1.54) is 0 Å². The first-order valence-corrected chi connectivity index (χ1v) is 6.03. The summed E-state index contributed by atoms with van der Waals surface area (Å²) in [5.74, 6) is -0.0613. The van der Waals surface area contributed by atoms with Gasteiger partial charge in [-0.1, -0.05) is 35.9 Å². The molecule has 1 heterocycles. The number of halogens is 1. The van der Waals surface area contributed by atoms with Crippen molar-refractivity contribution in [2.75, 3.05) is 0 Å². The van der Waals surface area contributed by atoms with E-state index in [1.807, 2.05) is 36.4 Å². The summed E-state index contributed by atoms with van der Waals surface area (Å²) in [5, 5.41) is 3.43. The van der Waals surface area contributed by atoms with Crippen LogP contribution < -0.4 is 5.32 Å². The third kappa shape index (κ3) is 3.57. The molecule has 0 saturated heterocycles. The van der Waals surface area contributed by atoms with E-state index in [2.05, 4.69) is 10.3 Å². The van der Waals surface area contributed by atoms with Gasteiger partial charge in [-0.2, -0.15) is 0 Å². The summed E-state index contributed by atoms with van der Waals surface area (Å²) in [4.78, 5) is 15.9. The van der Waals surface area contributed by atoms with Crippen LogP contribution in [0, 0.1) is 0 Å². The molecule has 0 atom stereocenters. The SMILES string of the molecule is O=C(Cc1ccccc1Cl)NCc1ccccn1. The van der Waals surface area contributed by atoms with Crippen LogP contribution >= 0.6 is 11.6 Å². The van der Waals surface area contributed by atoms with Gasteiger partial charge in [-0.25, -0.2) is 0 Å². The summed E-state index contributed by atoms with van der Waals surface area (Å²) in [6.07, 6.45) is 1.99. The number of pyridine rings is 1. The fourth-order valence-corrected chi connectivity index (χ4v) is 1.77. The van der Waals surface area contributed by atoms with E-state index in [4.69, 9.17) is 11.6 Å². The highest BCUT2D eigenvalue weighted by molar-refractivity contribution is 6.31. The van der Waals surface area contributed by atoms with E-state index in [1.54, 1.807) is 12.3 Å². The summed E-state index contributed by atoms with van der Waals surface area (Å²) < 4.78 is 0. The summed E-state index contributed by atoms with van der Waals surface area (Å²) in [7, 11) is 0. The molecule has 0 spiro atoms. The molecule has 0 fully saturated rings. The van der Waals surface area contributed by atoms with Crippen molar-refractivity contribution in [3.05, 3.63) is 64.9 Å². The Kier molecular flexibility index (Phi) is 4.31. The summed E-state index contributed by atoms with van der Waals surface area (Å²) in [6.45, 7) is 0.435. The van der Waals surface area contributed by atoms with Crippen LogP contribution in [0.5, 0.6) is 0 Å². The maximum absolute atomic E-state index is 11.7. The van der Waals surface area contributed by atoms with E-state index in [0.29, 0.717) is 11.6 Å². The van der Waals surface area contributed by atoms with Crippen molar-refractivity contribution < 1.29 is 4.79 Å². The molecular weight excluding hydrogens is 248 g/mol. The normalized spacial score (nSPS) is 10.1. The maximum Gasteiger partial charge on any atom is 0.224 e. The third-order valence-corrected chi connectivity index (χ3v) is 2.87. The zero-order valence-corrected chi connectivity index (χ0v) is 10.5. The van der Waals surface area contributed by atoms with E-state index < -0.39 is 0 Å². The van der Waals surface area contributed by atoms with E-state index in [0.717, 1.165) is 11.3 Å². The predicted octanol–water partition coefficient (Wildman–Crippen LogP) is 2.59. The van der Waals surface area contributed by atoms with Gasteiger partial charge >= 0.3 is 0 Å². The molecule has 3 nitrogen and oxygen atoms in total. The smallest absolute Gasteiger partial charge is 0.224 e. The lowest BCUT2D eigenvalue weighted by atomic mass is 10.1. The number of benzene rings is 1. The third-order valence-electron chi connectivity index (χ3n) is 2.50. The van der Waals surface area contributed by atoms with Gasteiger partial charge in [0.1, 0.15) is 0 Å². The van der Waals surface area contributed by atoms with Crippen LogP contribution in [0.15, 0.2) is 48.7 Å². The van der Waals surface area contributed by atoms with Crippen molar-refractivity contribution in [2.45, 2.75) is 13.0 Å². The predicted molar refractivity (Wildman–Crippen MR) is 71.2 cm³/mol. The minimum absolute atomic E-state index is 0.0613. The summed E-state index contributed by atoms with van der Waals surface area (Å²) in [6, 6.07) is 12.9. The van der Waals surface area contributed by atoms with Crippen molar-refractivity contribution >= 4 is 17.5 Å². The molecule has 1 N–H and O–H groups in total. The van der Waals surface area contributed by atoms with E-state index in [9.17, 15) is 4.79 Å². The number of amides is 1. The van der Waals surface area contributed by atoms with Gasteiger partial charge in [0.25, 0.3) is 0 Å².